The van der Waals surface area contributed by atoms with Gasteiger partial charge in [0.15, 0.2) is 0 Å². The first kappa shape index (κ1) is 12.8. The van der Waals surface area contributed by atoms with Gasteiger partial charge in [0.2, 0.25) is 0 Å². The highest BCUT2D eigenvalue weighted by molar-refractivity contribution is 5.75. The molecular weight excluding hydrogens is 224 g/mol. The van der Waals surface area contributed by atoms with Crippen molar-refractivity contribution >= 4 is 11.0 Å². The lowest BCUT2D eigenvalue weighted by atomic mass is 10.1. The minimum Gasteiger partial charge on any atom is -0.305 e. The third-order valence-electron chi connectivity index (χ3n) is 3.09. The molecule has 0 radical (unpaired) electrons. The number of hydrogen-bond acceptors (Lipinski definition) is 2. The molecule has 2 rings (SSSR count). The normalized spacial score (nSPS) is 11.4. The van der Waals surface area contributed by atoms with Gasteiger partial charge in [-0.2, -0.15) is 0 Å². The highest BCUT2D eigenvalue weighted by Crippen LogP contribution is 2.14. The van der Waals surface area contributed by atoms with Gasteiger partial charge in [-0.25, -0.2) is 4.98 Å². The number of hydrogen-bond donors (Lipinski definition) is 0. The van der Waals surface area contributed by atoms with E-state index in [1.165, 1.54) is 0 Å². The Balaban J connectivity index is 2.74. The van der Waals surface area contributed by atoms with Crippen LogP contribution in [0.2, 0.25) is 0 Å². The molecule has 0 amide bonds. The molecule has 2 aromatic rings. The number of rotatable bonds is 3. The lowest BCUT2D eigenvalue weighted by molar-refractivity contribution is 0.618. The van der Waals surface area contributed by atoms with Crippen LogP contribution in [0.4, 0.5) is 0 Å². The molecule has 0 saturated heterocycles. The highest BCUT2D eigenvalue weighted by atomic mass is 16.1. The van der Waals surface area contributed by atoms with Crippen molar-refractivity contribution in [3.05, 3.63) is 39.8 Å². The van der Waals surface area contributed by atoms with Crippen LogP contribution in [-0.4, -0.2) is 9.55 Å². The zero-order valence-corrected chi connectivity index (χ0v) is 11.5. The smallest absolute Gasteiger partial charge is 0.272 e. The predicted molar refractivity (Wildman–Crippen MR) is 75.0 cm³/mol. The molecule has 0 unspecified atom stereocenters. The van der Waals surface area contributed by atoms with Gasteiger partial charge in [-0.05, 0) is 43.9 Å². The van der Waals surface area contributed by atoms with E-state index in [-0.39, 0.29) is 5.56 Å². The van der Waals surface area contributed by atoms with Crippen molar-refractivity contribution in [2.45, 2.75) is 40.7 Å². The van der Waals surface area contributed by atoms with Crippen LogP contribution in [0.3, 0.4) is 0 Å². The van der Waals surface area contributed by atoms with Crippen LogP contribution >= 0.6 is 0 Å². The van der Waals surface area contributed by atoms with Crippen molar-refractivity contribution in [1.82, 2.24) is 9.55 Å². The van der Waals surface area contributed by atoms with Crippen LogP contribution in [0.15, 0.2) is 23.0 Å². The fourth-order valence-electron chi connectivity index (χ4n) is 2.24. The Morgan fingerprint density at radius 1 is 1.33 bits per heavy atom. The average Bonchev–Trinajstić information content (AvgIpc) is 2.30. The molecule has 0 N–H and O–H groups in total. The van der Waals surface area contributed by atoms with Crippen LogP contribution in [0.1, 0.15) is 32.0 Å². The first-order valence-corrected chi connectivity index (χ1v) is 6.53. The highest BCUT2D eigenvalue weighted by Gasteiger charge is 2.11. The Kier molecular flexibility index (Phi) is 3.50. The molecule has 0 spiro atoms. The molecule has 0 aliphatic carbocycles. The lowest BCUT2D eigenvalue weighted by Gasteiger charge is -2.12. The molecule has 96 valence electrons. The van der Waals surface area contributed by atoms with Crippen LogP contribution in [-0.2, 0) is 13.0 Å². The summed E-state index contributed by atoms with van der Waals surface area (Å²) < 4.78 is 1.83. The van der Waals surface area contributed by atoms with Gasteiger partial charge >= 0.3 is 0 Å². The Labute approximate surface area is 107 Å². The molecule has 18 heavy (non-hydrogen) atoms. The number of fused-ring (bicyclic) bond motifs is 1. The Morgan fingerprint density at radius 2 is 2.06 bits per heavy atom. The molecule has 0 aliphatic heterocycles. The summed E-state index contributed by atoms with van der Waals surface area (Å²) in [7, 11) is 0. The number of aromatic nitrogens is 2. The van der Waals surface area contributed by atoms with Gasteiger partial charge in [-0.1, -0.05) is 19.9 Å². The van der Waals surface area contributed by atoms with E-state index in [0.29, 0.717) is 18.2 Å². The topological polar surface area (TPSA) is 34.9 Å². The molecule has 0 atom stereocenters. The van der Waals surface area contributed by atoms with Crippen molar-refractivity contribution < 1.29 is 0 Å². The maximum atomic E-state index is 12.4. The van der Waals surface area contributed by atoms with E-state index in [4.69, 9.17) is 0 Å². The van der Waals surface area contributed by atoms with Crippen LogP contribution < -0.4 is 5.56 Å². The van der Waals surface area contributed by atoms with Gasteiger partial charge in [0.05, 0.1) is 11.0 Å². The van der Waals surface area contributed by atoms with E-state index in [1.807, 2.05) is 36.6 Å². The maximum absolute atomic E-state index is 12.4. The summed E-state index contributed by atoms with van der Waals surface area (Å²) in [6.45, 7) is 8.94. The molecule has 1 aromatic heterocycles. The third kappa shape index (κ3) is 2.30. The second kappa shape index (κ2) is 4.92. The van der Waals surface area contributed by atoms with E-state index < -0.39 is 0 Å². The Bertz CT molecular complexity index is 626. The molecule has 1 aromatic carbocycles. The largest absolute Gasteiger partial charge is 0.305 e. The van der Waals surface area contributed by atoms with Gasteiger partial charge < -0.3 is 4.57 Å². The van der Waals surface area contributed by atoms with Crippen molar-refractivity contribution in [3.8, 4) is 0 Å². The second-order valence-corrected chi connectivity index (χ2v) is 5.20. The van der Waals surface area contributed by atoms with Gasteiger partial charge in [-0.3, -0.25) is 4.79 Å². The molecule has 3 nitrogen and oxygen atoms in total. The van der Waals surface area contributed by atoms with Crippen molar-refractivity contribution in [3.63, 3.8) is 0 Å². The second-order valence-electron chi connectivity index (χ2n) is 5.20. The van der Waals surface area contributed by atoms with E-state index in [0.717, 1.165) is 23.0 Å². The van der Waals surface area contributed by atoms with Gasteiger partial charge in [0.1, 0.15) is 5.69 Å². The summed E-state index contributed by atoms with van der Waals surface area (Å²) in [5.74, 6) is 0.443. The van der Waals surface area contributed by atoms with E-state index in [9.17, 15) is 4.79 Å². The Hall–Kier alpha value is -1.64. The summed E-state index contributed by atoms with van der Waals surface area (Å²) in [5.41, 5.74) is 3.75. The minimum absolute atomic E-state index is 0.0595. The van der Waals surface area contributed by atoms with Crippen molar-refractivity contribution in [2.75, 3.05) is 0 Å². The minimum atomic E-state index is 0.0595. The lowest BCUT2D eigenvalue weighted by Crippen LogP contribution is -2.26. The first-order valence-electron chi connectivity index (χ1n) is 6.53. The quantitative estimate of drug-likeness (QED) is 0.832. The number of nitrogens with zero attached hydrogens (tertiary/aromatic N) is 2. The fourth-order valence-corrected chi connectivity index (χ4v) is 2.24. The molecule has 3 heteroatoms. The predicted octanol–water partition coefficient (Wildman–Crippen LogP) is 2.92. The summed E-state index contributed by atoms with van der Waals surface area (Å²) >= 11 is 0. The summed E-state index contributed by atoms with van der Waals surface area (Å²) in [5, 5.41) is 0. The first-order chi connectivity index (χ1) is 8.52. The van der Waals surface area contributed by atoms with Gasteiger partial charge in [0.25, 0.3) is 5.56 Å². The molecule has 0 saturated carbocycles. The van der Waals surface area contributed by atoms with Gasteiger partial charge in [-0.15, -0.1) is 0 Å². The summed E-state index contributed by atoms with van der Waals surface area (Å²) in [6.07, 6.45) is 0.739. The van der Waals surface area contributed by atoms with E-state index >= 15 is 0 Å². The molecule has 0 aliphatic rings. The molecule has 1 heterocycles. The average molecular weight is 244 g/mol. The molecular formula is C15H20N2O. The van der Waals surface area contributed by atoms with Crippen molar-refractivity contribution in [2.24, 2.45) is 5.92 Å². The number of benzene rings is 1. The van der Waals surface area contributed by atoms with E-state index in [2.05, 4.69) is 18.8 Å². The molecule has 0 bridgehead atoms. The standard InChI is InChI=1S/C15H20N2O/c1-5-17-14-9-11(4)6-7-12(14)16-13(15(17)18)8-10(2)3/h6-7,9-10H,5,8H2,1-4H3. The number of aryl methyl sites for hydroxylation is 2. The fraction of sp³-hybridized carbons (Fsp3) is 0.467. The summed E-state index contributed by atoms with van der Waals surface area (Å²) in [4.78, 5) is 16.9. The van der Waals surface area contributed by atoms with Crippen LogP contribution in [0, 0.1) is 12.8 Å². The monoisotopic (exact) mass is 244 g/mol. The van der Waals surface area contributed by atoms with Gasteiger partial charge in [0, 0.05) is 6.54 Å². The third-order valence-corrected chi connectivity index (χ3v) is 3.09. The zero-order valence-electron chi connectivity index (χ0n) is 11.5. The van der Waals surface area contributed by atoms with Crippen LogP contribution in [0.5, 0.6) is 0 Å². The Morgan fingerprint density at radius 3 is 2.67 bits per heavy atom. The maximum Gasteiger partial charge on any atom is 0.272 e. The van der Waals surface area contributed by atoms with Crippen molar-refractivity contribution in [1.29, 1.82) is 0 Å². The SMILES string of the molecule is CCn1c(=O)c(CC(C)C)nc2ccc(C)cc21. The van der Waals surface area contributed by atoms with E-state index in [1.54, 1.807) is 0 Å². The molecule has 0 fully saturated rings. The summed E-state index contributed by atoms with van der Waals surface area (Å²) in [6, 6.07) is 6.07. The zero-order chi connectivity index (χ0) is 13.3. The van der Waals surface area contributed by atoms with Crippen LogP contribution in [0.25, 0.3) is 11.0 Å².